The number of para-hydroxylation sites is 1. The molecule has 170 valence electrons. The Morgan fingerprint density at radius 2 is 1.60 bits per heavy atom. The van der Waals surface area contributed by atoms with E-state index in [9.17, 15) is 9.59 Å². The largest absolute Gasteiger partial charge is 0.326 e. The second-order valence-electron chi connectivity index (χ2n) is 8.23. The van der Waals surface area contributed by atoms with E-state index in [1.54, 1.807) is 36.4 Å². The lowest BCUT2D eigenvalue weighted by Crippen LogP contribution is -2.06. The van der Waals surface area contributed by atoms with Gasteiger partial charge in [-0.05, 0) is 53.3 Å². The fraction of sp³-hybridized carbons (Fsp3) is 0.0333. The number of nitrogens with zero attached hydrogens (tertiary/aromatic N) is 2. The highest BCUT2D eigenvalue weighted by Crippen LogP contribution is 2.28. The number of amides is 1. The van der Waals surface area contributed by atoms with Crippen molar-refractivity contribution in [2.75, 3.05) is 5.32 Å². The van der Waals surface area contributed by atoms with Gasteiger partial charge < -0.3 is 5.32 Å². The quantitative estimate of drug-likeness (QED) is 0.232. The van der Waals surface area contributed by atoms with Crippen molar-refractivity contribution in [1.82, 2.24) is 9.78 Å². The third kappa shape index (κ3) is 4.94. The molecule has 0 fully saturated rings. The standard InChI is InChI=1S/C30H23N3O2/c1-21(34)31-27-11-7-10-24(19-27)29(35)17-16-26-20-33(28-12-3-2-4-13-28)32-30(26)25-15-14-22-8-5-6-9-23(22)18-25/h2-20H,1H3,(H,31,34)/b17-16+. The molecule has 0 saturated heterocycles. The van der Waals surface area contributed by atoms with Gasteiger partial charge in [-0.15, -0.1) is 0 Å². The third-order valence-electron chi connectivity index (χ3n) is 5.67. The van der Waals surface area contributed by atoms with E-state index in [1.807, 2.05) is 53.3 Å². The number of nitrogens with one attached hydrogen (secondary N) is 1. The van der Waals surface area contributed by atoms with Crippen molar-refractivity contribution in [3.05, 3.63) is 120 Å². The van der Waals surface area contributed by atoms with Gasteiger partial charge >= 0.3 is 0 Å². The molecule has 0 radical (unpaired) electrons. The van der Waals surface area contributed by atoms with Gasteiger partial charge in [-0.25, -0.2) is 4.68 Å². The van der Waals surface area contributed by atoms with Crippen molar-refractivity contribution in [3.63, 3.8) is 0 Å². The van der Waals surface area contributed by atoms with Crippen molar-refractivity contribution >= 4 is 34.2 Å². The Morgan fingerprint density at radius 1 is 0.829 bits per heavy atom. The van der Waals surface area contributed by atoms with Gasteiger partial charge in [0.2, 0.25) is 5.91 Å². The number of hydrogen-bond donors (Lipinski definition) is 1. The van der Waals surface area contributed by atoms with Crippen LogP contribution in [-0.2, 0) is 4.79 Å². The van der Waals surface area contributed by atoms with E-state index >= 15 is 0 Å². The predicted molar refractivity (Wildman–Crippen MR) is 141 cm³/mol. The highest BCUT2D eigenvalue weighted by Gasteiger charge is 2.12. The minimum absolute atomic E-state index is 0.158. The number of aromatic nitrogens is 2. The SMILES string of the molecule is CC(=O)Nc1cccc(C(=O)/C=C/c2cn(-c3ccccc3)nc2-c2ccc3ccccc3c2)c1. The van der Waals surface area contributed by atoms with Gasteiger partial charge in [-0.3, -0.25) is 9.59 Å². The Bertz CT molecular complexity index is 1570. The predicted octanol–water partition coefficient (Wildman–Crippen LogP) is 6.55. The van der Waals surface area contributed by atoms with Crippen LogP contribution in [0.25, 0.3) is 33.8 Å². The van der Waals surface area contributed by atoms with Crippen molar-refractivity contribution in [3.8, 4) is 16.9 Å². The van der Waals surface area contributed by atoms with E-state index in [2.05, 4.69) is 35.6 Å². The van der Waals surface area contributed by atoms with Crippen LogP contribution in [0.5, 0.6) is 0 Å². The normalized spacial score (nSPS) is 11.1. The molecule has 0 aliphatic rings. The summed E-state index contributed by atoms with van der Waals surface area (Å²) in [6.07, 6.45) is 5.27. The molecule has 5 rings (SSSR count). The number of anilines is 1. The van der Waals surface area contributed by atoms with Gasteiger partial charge in [0, 0.05) is 35.5 Å². The molecule has 0 unspecified atom stereocenters. The highest BCUT2D eigenvalue weighted by molar-refractivity contribution is 6.08. The number of carbonyl (C=O) groups is 2. The highest BCUT2D eigenvalue weighted by atomic mass is 16.1. The minimum atomic E-state index is -0.182. The maximum absolute atomic E-state index is 12.9. The Morgan fingerprint density at radius 3 is 2.40 bits per heavy atom. The number of hydrogen-bond acceptors (Lipinski definition) is 3. The minimum Gasteiger partial charge on any atom is -0.326 e. The molecule has 5 aromatic rings. The summed E-state index contributed by atoms with van der Waals surface area (Å²) < 4.78 is 1.83. The van der Waals surface area contributed by atoms with Crippen LogP contribution in [0, 0.1) is 0 Å². The van der Waals surface area contributed by atoms with Gasteiger partial charge in [-0.2, -0.15) is 5.10 Å². The zero-order valence-electron chi connectivity index (χ0n) is 19.2. The molecule has 1 aromatic heterocycles. The van der Waals surface area contributed by atoms with Gasteiger partial charge in [0.15, 0.2) is 5.78 Å². The number of fused-ring (bicyclic) bond motifs is 1. The third-order valence-corrected chi connectivity index (χ3v) is 5.67. The number of carbonyl (C=O) groups excluding carboxylic acids is 2. The molecule has 5 nitrogen and oxygen atoms in total. The van der Waals surface area contributed by atoms with E-state index in [4.69, 9.17) is 5.10 Å². The van der Waals surface area contributed by atoms with Crippen LogP contribution in [0.1, 0.15) is 22.8 Å². The van der Waals surface area contributed by atoms with Gasteiger partial charge in [-0.1, -0.05) is 66.7 Å². The van der Waals surface area contributed by atoms with Crippen LogP contribution < -0.4 is 5.32 Å². The number of allylic oxidation sites excluding steroid dienone is 1. The summed E-state index contributed by atoms with van der Waals surface area (Å²) in [6, 6.07) is 31.2. The van der Waals surface area contributed by atoms with Crippen LogP contribution in [0.3, 0.4) is 0 Å². The molecule has 4 aromatic carbocycles. The summed E-state index contributed by atoms with van der Waals surface area (Å²) in [5.41, 5.74) is 4.61. The summed E-state index contributed by atoms with van der Waals surface area (Å²) in [6.45, 7) is 1.44. The van der Waals surface area contributed by atoms with E-state index in [1.165, 1.54) is 6.92 Å². The van der Waals surface area contributed by atoms with E-state index < -0.39 is 0 Å². The molecule has 0 saturated carbocycles. The summed E-state index contributed by atoms with van der Waals surface area (Å²) in [5.74, 6) is -0.340. The molecular formula is C30H23N3O2. The van der Waals surface area contributed by atoms with E-state index in [0.29, 0.717) is 11.3 Å². The Kier molecular flexibility index (Phi) is 6.05. The fourth-order valence-corrected chi connectivity index (χ4v) is 4.00. The van der Waals surface area contributed by atoms with Crippen molar-refractivity contribution in [2.45, 2.75) is 6.92 Å². The summed E-state index contributed by atoms with van der Waals surface area (Å²) >= 11 is 0. The Hall–Kier alpha value is -4.77. The lowest BCUT2D eigenvalue weighted by molar-refractivity contribution is -0.114. The lowest BCUT2D eigenvalue weighted by Gasteiger charge is -2.04. The first-order valence-corrected chi connectivity index (χ1v) is 11.3. The molecule has 35 heavy (non-hydrogen) atoms. The van der Waals surface area contributed by atoms with Crippen LogP contribution in [-0.4, -0.2) is 21.5 Å². The van der Waals surface area contributed by atoms with Crippen molar-refractivity contribution in [2.24, 2.45) is 0 Å². The molecule has 1 amide bonds. The zero-order chi connectivity index (χ0) is 24.2. The number of rotatable bonds is 6. The van der Waals surface area contributed by atoms with Crippen LogP contribution in [0.4, 0.5) is 5.69 Å². The molecule has 1 N–H and O–H groups in total. The zero-order valence-corrected chi connectivity index (χ0v) is 19.2. The second-order valence-corrected chi connectivity index (χ2v) is 8.23. The average molecular weight is 458 g/mol. The number of ketones is 1. The fourth-order valence-electron chi connectivity index (χ4n) is 4.00. The molecule has 0 atom stereocenters. The first kappa shape index (κ1) is 22.0. The second kappa shape index (κ2) is 9.61. The van der Waals surface area contributed by atoms with Gasteiger partial charge in [0.05, 0.1) is 11.4 Å². The van der Waals surface area contributed by atoms with E-state index in [-0.39, 0.29) is 11.7 Å². The van der Waals surface area contributed by atoms with Crippen molar-refractivity contribution in [1.29, 1.82) is 0 Å². The monoisotopic (exact) mass is 457 g/mol. The number of benzene rings is 4. The van der Waals surface area contributed by atoms with Crippen LogP contribution in [0.15, 0.2) is 109 Å². The summed E-state index contributed by atoms with van der Waals surface area (Å²) in [7, 11) is 0. The summed E-state index contributed by atoms with van der Waals surface area (Å²) in [5, 5.41) is 9.86. The molecule has 1 heterocycles. The maximum Gasteiger partial charge on any atom is 0.221 e. The topological polar surface area (TPSA) is 64.0 Å². The molecular weight excluding hydrogens is 434 g/mol. The molecule has 0 bridgehead atoms. The molecule has 0 spiro atoms. The summed E-state index contributed by atoms with van der Waals surface area (Å²) in [4.78, 5) is 24.3. The first-order chi connectivity index (χ1) is 17.1. The van der Waals surface area contributed by atoms with Crippen LogP contribution in [0.2, 0.25) is 0 Å². The molecule has 5 heteroatoms. The van der Waals surface area contributed by atoms with E-state index in [0.717, 1.165) is 33.3 Å². The van der Waals surface area contributed by atoms with Crippen LogP contribution >= 0.6 is 0 Å². The Balaban J connectivity index is 1.53. The maximum atomic E-state index is 12.9. The van der Waals surface area contributed by atoms with Gasteiger partial charge in [0.25, 0.3) is 0 Å². The first-order valence-electron chi connectivity index (χ1n) is 11.3. The smallest absolute Gasteiger partial charge is 0.221 e. The molecule has 0 aliphatic heterocycles. The van der Waals surface area contributed by atoms with Crippen molar-refractivity contribution < 1.29 is 9.59 Å². The molecule has 0 aliphatic carbocycles. The Labute approximate surface area is 203 Å². The van der Waals surface area contributed by atoms with Gasteiger partial charge in [0.1, 0.15) is 0 Å². The lowest BCUT2D eigenvalue weighted by atomic mass is 10.0. The average Bonchev–Trinajstić information content (AvgIpc) is 3.31.